The number of halogens is 1. The van der Waals surface area contributed by atoms with Crippen LogP contribution in [-0.2, 0) is 4.79 Å². The van der Waals surface area contributed by atoms with Crippen molar-refractivity contribution < 1.29 is 9.59 Å². The molecule has 0 radical (unpaired) electrons. The number of piperidine rings is 1. The fourth-order valence-corrected chi connectivity index (χ4v) is 3.10. The van der Waals surface area contributed by atoms with E-state index in [0.717, 1.165) is 5.56 Å². The number of likely N-dealkylation sites (tertiary alicyclic amines) is 1. The Morgan fingerprint density at radius 1 is 1.20 bits per heavy atom. The van der Waals surface area contributed by atoms with Crippen LogP contribution in [0.15, 0.2) is 42.6 Å². The van der Waals surface area contributed by atoms with Gasteiger partial charge in [-0.25, -0.2) is 4.98 Å². The van der Waals surface area contributed by atoms with Crippen molar-refractivity contribution in [1.29, 1.82) is 0 Å². The standard InChI is InChI=1S/C19H20ClN3O2/c1-13-3-2-4-15(11-13)19(25)23-9-7-14(8-10-23)18(24)22-17-6-5-16(20)12-21-17/h2-6,11-12,14H,7-10H2,1H3,(H,21,22,24). The summed E-state index contributed by atoms with van der Waals surface area (Å²) in [4.78, 5) is 30.8. The lowest BCUT2D eigenvalue weighted by molar-refractivity contribution is -0.121. The number of hydrogen-bond acceptors (Lipinski definition) is 3. The van der Waals surface area contributed by atoms with Gasteiger partial charge in [-0.3, -0.25) is 9.59 Å². The Bertz CT molecular complexity index is 768. The monoisotopic (exact) mass is 357 g/mol. The smallest absolute Gasteiger partial charge is 0.253 e. The first-order valence-electron chi connectivity index (χ1n) is 8.31. The number of carbonyl (C=O) groups excluding carboxylic acids is 2. The number of nitrogens with one attached hydrogen (secondary N) is 1. The van der Waals surface area contributed by atoms with Gasteiger partial charge in [-0.2, -0.15) is 0 Å². The molecular weight excluding hydrogens is 338 g/mol. The van der Waals surface area contributed by atoms with Crippen LogP contribution in [0.25, 0.3) is 0 Å². The summed E-state index contributed by atoms with van der Waals surface area (Å²) >= 11 is 5.79. The molecule has 1 N–H and O–H groups in total. The first-order chi connectivity index (χ1) is 12.0. The molecule has 1 aliphatic rings. The van der Waals surface area contributed by atoms with Crippen LogP contribution in [0.3, 0.4) is 0 Å². The molecule has 1 aromatic carbocycles. The van der Waals surface area contributed by atoms with E-state index in [2.05, 4.69) is 10.3 Å². The molecule has 0 saturated carbocycles. The summed E-state index contributed by atoms with van der Waals surface area (Å²) < 4.78 is 0. The number of carbonyl (C=O) groups is 2. The van der Waals surface area contributed by atoms with E-state index in [1.165, 1.54) is 6.20 Å². The van der Waals surface area contributed by atoms with Gasteiger partial charge in [-0.1, -0.05) is 29.3 Å². The summed E-state index contributed by atoms with van der Waals surface area (Å²) in [7, 11) is 0. The quantitative estimate of drug-likeness (QED) is 0.913. The SMILES string of the molecule is Cc1cccc(C(=O)N2CCC(C(=O)Nc3ccc(Cl)cn3)CC2)c1. The van der Waals surface area contributed by atoms with E-state index in [4.69, 9.17) is 11.6 Å². The fourth-order valence-electron chi connectivity index (χ4n) is 2.98. The van der Waals surface area contributed by atoms with Gasteiger partial charge in [0.05, 0.1) is 5.02 Å². The van der Waals surface area contributed by atoms with Crippen LogP contribution in [0.4, 0.5) is 5.82 Å². The van der Waals surface area contributed by atoms with Crippen LogP contribution in [0, 0.1) is 12.8 Å². The number of aromatic nitrogens is 1. The number of rotatable bonds is 3. The number of nitrogens with zero attached hydrogens (tertiary/aromatic N) is 2. The highest BCUT2D eigenvalue weighted by molar-refractivity contribution is 6.30. The van der Waals surface area contributed by atoms with Gasteiger partial charge in [-0.15, -0.1) is 0 Å². The zero-order chi connectivity index (χ0) is 17.8. The lowest BCUT2D eigenvalue weighted by Gasteiger charge is -2.31. The predicted octanol–water partition coefficient (Wildman–Crippen LogP) is 3.53. The summed E-state index contributed by atoms with van der Waals surface area (Å²) in [5.74, 6) is 0.353. The molecule has 2 aromatic rings. The molecule has 1 aromatic heterocycles. The van der Waals surface area contributed by atoms with E-state index in [1.54, 1.807) is 12.1 Å². The molecule has 5 nitrogen and oxygen atoms in total. The third kappa shape index (κ3) is 4.37. The number of amides is 2. The van der Waals surface area contributed by atoms with Gasteiger partial charge in [0.25, 0.3) is 5.91 Å². The van der Waals surface area contributed by atoms with Crippen LogP contribution < -0.4 is 5.32 Å². The molecule has 0 aliphatic carbocycles. The highest BCUT2D eigenvalue weighted by atomic mass is 35.5. The van der Waals surface area contributed by atoms with Crippen LogP contribution in [-0.4, -0.2) is 34.8 Å². The summed E-state index contributed by atoms with van der Waals surface area (Å²) in [5, 5.41) is 3.34. The second-order valence-electron chi connectivity index (χ2n) is 6.29. The lowest BCUT2D eigenvalue weighted by atomic mass is 9.95. The summed E-state index contributed by atoms with van der Waals surface area (Å²) in [6.07, 6.45) is 2.80. The number of anilines is 1. The van der Waals surface area contributed by atoms with Crippen molar-refractivity contribution in [2.45, 2.75) is 19.8 Å². The average molecular weight is 358 g/mol. The van der Waals surface area contributed by atoms with Gasteiger partial charge >= 0.3 is 0 Å². The van der Waals surface area contributed by atoms with E-state index in [-0.39, 0.29) is 17.7 Å². The van der Waals surface area contributed by atoms with Crippen LogP contribution in [0.1, 0.15) is 28.8 Å². The van der Waals surface area contributed by atoms with E-state index in [0.29, 0.717) is 42.3 Å². The Hall–Kier alpha value is -2.40. The topological polar surface area (TPSA) is 62.3 Å². The molecule has 2 amide bonds. The molecular formula is C19H20ClN3O2. The molecule has 0 spiro atoms. The van der Waals surface area contributed by atoms with E-state index in [9.17, 15) is 9.59 Å². The first kappa shape index (κ1) is 17.4. The van der Waals surface area contributed by atoms with Crippen molar-refractivity contribution in [3.8, 4) is 0 Å². The Balaban J connectivity index is 1.55. The summed E-state index contributed by atoms with van der Waals surface area (Å²) in [6, 6.07) is 11.0. The second-order valence-corrected chi connectivity index (χ2v) is 6.72. The highest BCUT2D eigenvalue weighted by Crippen LogP contribution is 2.21. The molecule has 0 bridgehead atoms. The minimum atomic E-state index is -0.112. The van der Waals surface area contributed by atoms with Crippen molar-refractivity contribution >= 4 is 29.2 Å². The maximum atomic E-state index is 12.6. The zero-order valence-corrected chi connectivity index (χ0v) is 14.8. The second kappa shape index (κ2) is 7.66. The van der Waals surface area contributed by atoms with Gasteiger partial charge in [0.1, 0.15) is 5.82 Å². The Morgan fingerprint density at radius 2 is 1.96 bits per heavy atom. The van der Waals surface area contributed by atoms with Crippen molar-refractivity contribution in [3.05, 3.63) is 58.7 Å². The molecule has 1 saturated heterocycles. The highest BCUT2D eigenvalue weighted by Gasteiger charge is 2.28. The predicted molar refractivity (Wildman–Crippen MR) is 97.7 cm³/mol. The summed E-state index contributed by atoms with van der Waals surface area (Å²) in [5.41, 5.74) is 1.77. The Morgan fingerprint density at radius 3 is 2.60 bits per heavy atom. The number of pyridine rings is 1. The normalized spacial score (nSPS) is 15.0. The lowest BCUT2D eigenvalue weighted by Crippen LogP contribution is -2.41. The molecule has 2 heterocycles. The number of aryl methyl sites for hydroxylation is 1. The largest absolute Gasteiger partial charge is 0.339 e. The Labute approximate surface area is 152 Å². The van der Waals surface area contributed by atoms with E-state index < -0.39 is 0 Å². The summed E-state index contributed by atoms with van der Waals surface area (Å²) in [6.45, 7) is 3.13. The average Bonchev–Trinajstić information content (AvgIpc) is 2.63. The van der Waals surface area contributed by atoms with Gasteiger partial charge in [-0.05, 0) is 44.0 Å². The van der Waals surface area contributed by atoms with Crippen LogP contribution in [0.2, 0.25) is 5.02 Å². The molecule has 3 rings (SSSR count). The molecule has 6 heteroatoms. The van der Waals surface area contributed by atoms with Gasteiger partial charge in [0.2, 0.25) is 5.91 Å². The first-order valence-corrected chi connectivity index (χ1v) is 8.69. The third-order valence-corrected chi connectivity index (χ3v) is 4.62. The maximum absolute atomic E-state index is 12.6. The molecule has 0 unspecified atom stereocenters. The minimum Gasteiger partial charge on any atom is -0.339 e. The molecule has 130 valence electrons. The van der Waals surface area contributed by atoms with Gasteiger partial charge in [0.15, 0.2) is 0 Å². The minimum absolute atomic E-state index is 0.0296. The number of hydrogen-bond donors (Lipinski definition) is 1. The molecule has 0 atom stereocenters. The zero-order valence-electron chi connectivity index (χ0n) is 14.0. The van der Waals surface area contributed by atoms with Crippen molar-refractivity contribution in [3.63, 3.8) is 0 Å². The van der Waals surface area contributed by atoms with Gasteiger partial charge < -0.3 is 10.2 Å². The maximum Gasteiger partial charge on any atom is 0.253 e. The molecule has 1 aliphatic heterocycles. The van der Waals surface area contributed by atoms with Crippen molar-refractivity contribution in [2.24, 2.45) is 5.92 Å². The molecule has 1 fully saturated rings. The van der Waals surface area contributed by atoms with Crippen molar-refractivity contribution in [2.75, 3.05) is 18.4 Å². The van der Waals surface area contributed by atoms with E-state index in [1.807, 2.05) is 36.1 Å². The van der Waals surface area contributed by atoms with E-state index >= 15 is 0 Å². The third-order valence-electron chi connectivity index (χ3n) is 4.40. The van der Waals surface area contributed by atoms with Gasteiger partial charge in [0, 0.05) is 30.8 Å². The van der Waals surface area contributed by atoms with Crippen LogP contribution in [0.5, 0.6) is 0 Å². The number of benzene rings is 1. The molecule has 25 heavy (non-hydrogen) atoms. The fraction of sp³-hybridized carbons (Fsp3) is 0.316. The Kier molecular flexibility index (Phi) is 5.34. The van der Waals surface area contributed by atoms with Crippen molar-refractivity contribution in [1.82, 2.24) is 9.88 Å². The van der Waals surface area contributed by atoms with Crippen LogP contribution >= 0.6 is 11.6 Å².